The van der Waals surface area contributed by atoms with Crippen molar-refractivity contribution in [1.82, 2.24) is 0 Å². The van der Waals surface area contributed by atoms with Gasteiger partial charge in [-0.2, -0.15) is 25.3 Å². The van der Waals surface area contributed by atoms with E-state index in [1.807, 2.05) is 25.1 Å². The Morgan fingerprint density at radius 3 is 2.25 bits per heavy atom. The van der Waals surface area contributed by atoms with E-state index in [1.54, 1.807) is 0 Å². The minimum absolute atomic E-state index is 0.0516. The number of rotatable bonds is 2. The average molecular weight is 263 g/mol. The molecule has 0 N–H and O–H groups in total. The topological polar surface area (TPSA) is 0 Å². The van der Waals surface area contributed by atoms with E-state index in [0.717, 1.165) is 0 Å². The van der Waals surface area contributed by atoms with Gasteiger partial charge in [-0.1, -0.05) is 46.3 Å². The first-order valence-corrected chi connectivity index (χ1v) is 5.53. The Morgan fingerprint density at radius 1 is 1.33 bits per heavy atom. The molecular formula is C9H11BrS2. The molecule has 0 bridgehead atoms. The highest BCUT2D eigenvalue weighted by Gasteiger charge is 2.27. The van der Waals surface area contributed by atoms with E-state index in [4.69, 9.17) is 0 Å². The average Bonchev–Trinajstić information content (AvgIpc) is 2.06. The van der Waals surface area contributed by atoms with Crippen LogP contribution >= 0.6 is 41.2 Å². The SMILES string of the molecule is CC(S)(c1ccccc1)C(S)Br. The number of hydrogen-bond donors (Lipinski definition) is 2. The van der Waals surface area contributed by atoms with Gasteiger partial charge in [0, 0.05) is 0 Å². The van der Waals surface area contributed by atoms with Crippen molar-refractivity contribution >= 4 is 41.2 Å². The number of alkyl halides is 1. The predicted octanol–water partition coefficient (Wildman–Crippen LogP) is 3.48. The Labute approximate surface area is 92.7 Å². The molecule has 0 saturated heterocycles. The summed E-state index contributed by atoms with van der Waals surface area (Å²) in [7, 11) is 0. The smallest absolute Gasteiger partial charge is 0.0752 e. The van der Waals surface area contributed by atoms with Crippen molar-refractivity contribution in [1.29, 1.82) is 0 Å². The number of halogens is 1. The van der Waals surface area contributed by atoms with Crippen LogP contribution in [-0.2, 0) is 4.75 Å². The van der Waals surface area contributed by atoms with Gasteiger partial charge in [0.2, 0.25) is 0 Å². The lowest BCUT2D eigenvalue weighted by atomic mass is 10.0. The zero-order valence-electron chi connectivity index (χ0n) is 6.74. The third-order valence-corrected chi connectivity index (χ3v) is 4.33. The second-order valence-electron chi connectivity index (χ2n) is 2.85. The van der Waals surface area contributed by atoms with Crippen molar-refractivity contribution in [3.63, 3.8) is 0 Å². The van der Waals surface area contributed by atoms with E-state index in [2.05, 4.69) is 53.3 Å². The summed E-state index contributed by atoms with van der Waals surface area (Å²) in [4.78, 5) is 0. The summed E-state index contributed by atoms with van der Waals surface area (Å²) in [6.07, 6.45) is 0. The predicted molar refractivity (Wildman–Crippen MR) is 64.5 cm³/mol. The molecule has 0 amide bonds. The first-order chi connectivity index (χ1) is 5.55. The molecule has 12 heavy (non-hydrogen) atoms. The Kier molecular flexibility index (Phi) is 3.56. The van der Waals surface area contributed by atoms with Gasteiger partial charge < -0.3 is 0 Å². The molecule has 1 rings (SSSR count). The minimum Gasteiger partial charge on any atom is -0.166 e. The van der Waals surface area contributed by atoms with Crippen LogP contribution in [0.15, 0.2) is 30.3 Å². The highest BCUT2D eigenvalue weighted by atomic mass is 79.9. The molecule has 0 aliphatic heterocycles. The number of benzene rings is 1. The number of thiol groups is 2. The van der Waals surface area contributed by atoms with Crippen LogP contribution in [0.3, 0.4) is 0 Å². The highest BCUT2D eigenvalue weighted by Crippen LogP contribution is 2.37. The second-order valence-corrected chi connectivity index (χ2v) is 5.92. The first-order valence-electron chi connectivity index (χ1n) is 3.65. The molecule has 0 nitrogen and oxygen atoms in total. The normalized spacial score (nSPS) is 18.3. The van der Waals surface area contributed by atoms with Crippen LogP contribution in [0.5, 0.6) is 0 Å². The van der Waals surface area contributed by atoms with Gasteiger partial charge in [-0.25, -0.2) is 0 Å². The van der Waals surface area contributed by atoms with Crippen LogP contribution < -0.4 is 0 Å². The molecule has 0 fully saturated rings. The van der Waals surface area contributed by atoms with Gasteiger partial charge >= 0.3 is 0 Å². The third-order valence-electron chi connectivity index (χ3n) is 1.82. The summed E-state index contributed by atoms with van der Waals surface area (Å²) in [6, 6.07) is 10.1. The molecule has 0 aliphatic carbocycles. The molecule has 66 valence electrons. The van der Waals surface area contributed by atoms with Gasteiger partial charge in [-0.15, -0.1) is 0 Å². The maximum absolute atomic E-state index is 4.55. The van der Waals surface area contributed by atoms with Gasteiger partial charge in [-0.3, -0.25) is 0 Å². The van der Waals surface area contributed by atoms with Gasteiger partial charge in [0.25, 0.3) is 0 Å². The van der Waals surface area contributed by atoms with E-state index in [9.17, 15) is 0 Å². The largest absolute Gasteiger partial charge is 0.166 e. The lowest BCUT2D eigenvalue weighted by Crippen LogP contribution is -2.21. The monoisotopic (exact) mass is 262 g/mol. The molecule has 1 aromatic carbocycles. The Hall–Kier alpha value is 0.400. The fraction of sp³-hybridized carbons (Fsp3) is 0.333. The van der Waals surface area contributed by atoms with Crippen LogP contribution in [0.25, 0.3) is 0 Å². The molecule has 0 radical (unpaired) electrons. The molecule has 0 aliphatic rings. The van der Waals surface area contributed by atoms with Gasteiger partial charge in [0.05, 0.1) is 8.91 Å². The van der Waals surface area contributed by atoms with Gasteiger partial charge in [0.15, 0.2) is 0 Å². The van der Waals surface area contributed by atoms with Crippen molar-refractivity contribution in [3.8, 4) is 0 Å². The fourth-order valence-corrected chi connectivity index (χ4v) is 1.48. The lowest BCUT2D eigenvalue weighted by molar-refractivity contribution is 0.784. The fourth-order valence-electron chi connectivity index (χ4n) is 0.913. The van der Waals surface area contributed by atoms with Crippen molar-refractivity contribution in [2.24, 2.45) is 0 Å². The van der Waals surface area contributed by atoms with E-state index in [1.165, 1.54) is 5.56 Å². The van der Waals surface area contributed by atoms with Gasteiger partial charge in [-0.05, 0) is 12.5 Å². The Bertz CT molecular complexity index is 244. The van der Waals surface area contributed by atoms with Gasteiger partial charge in [0.1, 0.15) is 0 Å². The third kappa shape index (κ3) is 2.21. The Balaban J connectivity index is 2.98. The Morgan fingerprint density at radius 2 is 1.83 bits per heavy atom. The summed E-state index contributed by atoms with van der Waals surface area (Å²) in [5, 5.41) is 0. The van der Waals surface area contributed by atoms with Crippen molar-refractivity contribution in [2.75, 3.05) is 0 Å². The van der Waals surface area contributed by atoms with Crippen LogP contribution in [0, 0.1) is 0 Å². The molecule has 2 unspecified atom stereocenters. The summed E-state index contributed by atoms with van der Waals surface area (Å²) >= 11 is 12.3. The lowest BCUT2D eigenvalue weighted by Gasteiger charge is -2.26. The van der Waals surface area contributed by atoms with E-state index >= 15 is 0 Å². The van der Waals surface area contributed by atoms with Crippen LogP contribution in [-0.4, -0.2) is 4.16 Å². The highest BCUT2D eigenvalue weighted by molar-refractivity contribution is 9.11. The van der Waals surface area contributed by atoms with Crippen molar-refractivity contribution in [3.05, 3.63) is 35.9 Å². The van der Waals surface area contributed by atoms with Crippen molar-refractivity contribution in [2.45, 2.75) is 15.8 Å². The molecule has 3 heteroatoms. The number of hydrogen-bond acceptors (Lipinski definition) is 2. The summed E-state index contributed by atoms with van der Waals surface area (Å²) < 4.78 is -0.180. The molecule has 2 atom stereocenters. The zero-order chi connectivity index (χ0) is 9.19. The first kappa shape index (κ1) is 10.5. The zero-order valence-corrected chi connectivity index (χ0v) is 10.1. The molecule has 0 saturated carbocycles. The summed E-state index contributed by atoms with van der Waals surface area (Å²) in [6.45, 7) is 2.04. The molecular weight excluding hydrogens is 252 g/mol. The van der Waals surface area contributed by atoms with Crippen LogP contribution in [0.2, 0.25) is 0 Å². The quantitative estimate of drug-likeness (QED) is 0.592. The van der Waals surface area contributed by atoms with Crippen molar-refractivity contribution < 1.29 is 0 Å². The summed E-state index contributed by atoms with van der Waals surface area (Å²) in [5.74, 6) is 0. The van der Waals surface area contributed by atoms with E-state index in [0.29, 0.717) is 0 Å². The maximum atomic E-state index is 4.55. The maximum Gasteiger partial charge on any atom is 0.0752 e. The molecule has 0 aromatic heterocycles. The molecule has 0 heterocycles. The van der Waals surface area contributed by atoms with Crippen LogP contribution in [0.4, 0.5) is 0 Å². The molecule has 1 aromatic rings. The van der Waals surface area contributed by atoms with Crippen LogP contribution in [0.1, 0.15) is 12.5 Å². The van der Waals surface area contributed by atoms with E-state index in [-0.39, 0.29) is 8.91 Å². The standard InChI is InChI=1S/C9H11BrS2/c1-9(12,8(10)11)7-5-3-2-4-6-7/h2-6,8,11-12H,1H3. The summed E-state index contributed by atoms with van der Waals surface area (Å²) in [5.41, 5.74) is 1.17. The van der Waals surface area contributed by atoms with E-state index < -0.39 is 0 Å². The second kappa shape index (κ2) is 4.07. The minimum atomic E-state index is -0.232. The molecule has 0 spiro atoms.